The van der Waals surface area contributed by atoms with Crippen molar-refractivity contribution in [1.29, 1.82) is 0 Å². The normalized spacial score (nSPS) is 24.4. The van der Waals surface area contributed by atoms with Gasteiger partial charge in [0.1, 0.15) is 0 Å². The van der Waals surface area contributed by atoms with Gasteiger partial charge in [0.05, 0.1) is 0 Å². The molecule has 0 spiro atoms. The van der Waals surface area contributed by atoms with Crippen molar-refractivity contribution in [1.82, 2.24) is 14.7 Å². The number of amides is 2. The molecule has 4 fully saturated rings. The Balaban J connectivity index is 1.16. The fourth-order valence-electron chi connectivity index (χ4n) is 6.63. The van der Waals surface area contributed by atoms with Crippen molar-refractivity contribution in [3.63, 3.8) is 0 Å². The maximum atomic E-state index is 12.8. The molecule has 4 aliphatic rings. The molecule has 4 saturated heterocycles. The van der Waals surface area contributed by atoms with Crippen molar-refractivity contribution in [3.05, 3.63) is 28.8 Å². The molecule has 0 aliphatic carbocycles. The molecule has 228 valence electrons. The zero-order valence-corrected chi connectivity index (χ0v) is 23.1. The highest BCUT2D eigenvalue weighted by Gasteiger charge is 2.60. The monoisotopic (exact) mass is 610 g/mol. The van der Waals surface area contributed by atoms with Crippen LogP contribution in [0.15, 0.2) is 18.2 Å². The Kier molecular flexibility index (Phi) is 8.58. The molecule has 1 aromatic carbocycles. The average Bonchev–Trinajstić information content (AvgIpc) is 3.64. The summed E-state index contributed by atoms with van der Waals surface area (Å²) in [4.78, 5) is 32.4. The number of anilines is 1. The molecule has 0 radical (unpaired) electrons. The number of benzene rings is 1. The van der Waals surface area contributed by atoms with Crippen LogP contribution in [-0.4, -0.2) is 97.5 Å². The highest BCUT2D eigenvalue weighted by atomic mass is 35.5. The molecular weight excluding hydrogens is 578 g/mol. The van der Waals surface area contributed by atoms with Gasteiger partial charge in [-0.15, -0.1) is 0 Å². The molecule has 14 heteroatoms. The van der Waals surface area contributed by atoms with Gasteiger partial charge in [-0.25, -0.2) is 4.79 Å². The average molecular weight is 611 g/mol. The molecule has 2 amide bonds. The van der Waals surface area contributed by atoms with E-state index < -0.39 is 24.5 Å². The minimum absolute atomic E-state index is 0.0297. The van der Waals surface area contributed by atoms with Gasteiger partial charge in [0.15, 0.2) is 0 Å². The van der Waals surface area contributed by atoms with Crippen LogP contribution in [0.5, 0.6) is 0 Å². The number of carbonyl (C=O) groups is 2. The summed E-state index contributed by atoms with van der Waals surface area (Å²) >= 11 is 6.34. The van der Waals surface area contributed by atoms with Crippen molar-refractivity contribution in [2.24, 2.45) is 17.8 Å². The maximum Gasteiger partial charge on any atom is 0.434 e. The molecule has 2 atom stereocenters. The third-order valence-corrected chi connectivity index (χ3v) is 8.91. The summed E-state index contributed by atoms with van der Waals surface area (Å²) in [6.07, 6.45) is -13.6. The number of piperidine rings is 1. The predicted octanol–water partition coefficient (Wildman–Crippen LogP) is 5.17. The number of fused-ring (bicyclic) bond motifs is 1. The Morgan fingerprint density at radius 1 is 0.878 bits per heavy atom. The van der Waals surface area contributed by atoms with Gasteiger partial charge in [0.25, 0.3) is 6.10 Å². The van der Waals surface area contributed by atoms with Gasteiger partial charge < -0.3 is 19.4 Å². The molecule has 41 heavy (non-hydrogen) atoms. The summed E-state index contributed by atoms with van der Waals surface area (Å²) in [5.74, 6) is 0.117. The van der Waals surface area contributed by atoms with Crippen molar-refractivity contribution in [3.8, 4) is 0 Å². The second kappa shape index (κ2) is 11.7. The van der Waals surface area contributed by atoms with Crippen LogP contribution in [0.1, 0.15) is 31.2 Å². The lowest BCUT2D eigenvalue weighted by molar-refractivity contribution is -0.308. The molecule has 0 saturated carbocycles. The van der Waals surface area contributed by atoms with Gasteiger partial charge in [-0.05, 0) is 55.2 Å². The lowest BCUT2D eigenvalue weighted by Gasteiger charge is -2.36. The van der Waals surface area contributed by atoms with Crippen LogP contribution in [-0.2, 0) is 16.1 Å². The molecular formula is C27H33ClF6N4O3. The van der Waals surface area contributed by atoms with Crippen LogP contribution in [0.3, 0.4) is 0 Å². The van der Waals surface area contributed by atoms with E-state index in [0.29, 0.717) is 24.7 Å². The Morgan fingerprint density at radius 3 is 2.02 bits per heavy atom. The Hall–Kier alpha value is -2.41. The summed E-state index contributed by atoms with van der Waals surface area (Å²) < 4.78 is 80.7. The minimum atomic E-state index is -5.74. The van der Waals surface area contributed by atoms with Crippen LogP contribution in [0.2, 0.25) is 5.02 Å². The summed E-state index contributed by atoms with van der Waals surface area (Å²) in [6, 6.07) is 5.70. The largest absolute Gasteiger partial charge is 0.434 e. The molecule has 5 rings (SSSR count). The van der Waals surface area contributed by atoms with Crippen LogP contribution in [0.4, 0.5) is 36.8 Å². The molecule has 2 unspecified atom stereocenters. The zero-order chi connectivity index (χ0) is 29.5. The van der Waals surface area contributed by atoms with Gasteiger partial charge in [-0.2, -0.15) is 26.3 Å². The smallest absolute Gasteiger partial charge is 0.426 e. The van der Waals surface area contributed by atoms with Gasteiger partial charge in [0.2, 0.25) is 5.91 Å². The van der Waals surface area contributed by atoms with E-state index >= 15 is 0 Å². The number of likely N-dealkylation sites (tertiary alicyclic amines) is 3. The summed E-state index contributed by atoms with van der Waals surface area (Å²) in [5, 5.41) is 0.600. The van der Waals surface area contributed by atoms with Gasteiger partial charge >= 0.3 is 18.4 Å². The van der Waals surface area contributed by atoms with Gasteiger partial charge in [0, 0.05) is 75.5 Å². The van der Waals surface area contributed by atoms with E-state index in [0.717, 1.165) is 68.0 Å². The summed E-state index contributed by atoms with van der Waals surface area (Å²) in [6.45, 7) is 4.90. The van der Waals surface area contributed by atoms with Crippen LogP contribution >= 0.6 is 11.6 Å². The fraction of sp³-hybridized carbons (Fsp3) is 0.704. The van der Waals surface area contributed by atoms with E-state index in [4.69, 9.17) is 11.6 Å². The molecule has 0 bridgehead atoms. The quantitative estimate of drug-likeness (QED) is 0.431. The second-order valence-corrected chi connectivity index (χ2v) is 12.0. The first-order valence-electron chi connectivity index (χ1n) is 13.9. The standard InChI is InChI=1S/C27H33ClF6N4O3/c28-21-4-3-18(22(11-21)36-9-5-17(6-10-36)23(39)37-7-1-2-8-37)12-35-13-19-15-38(16-20(19)14-35)25(40)41-24(26(29,30)31)27(32,33)34/h3-4,11,17,19-20,24H,1-2,5-10,12-16H2. The first kappa shape index (κ1) is 30.1. The number of hydrogen-bond donors (Lipinski definition) is 0. The summed E-state index contributed by atoms with van der Waals surface area (Å²) in [5.41, 5.74) is 2.05. The molecule has 7 nitrogen and oxygen atoms in total. The van der Waals surface area contributed by atoms with E-state index in [2.05, 4.69) is 14.5 Å². The molecule has 0 aromatic heterocycles. The highest BCUT2D eigenvalue weighted by Crippen LogP contribution is 2.38. The number of rotatable bonds is 5. The highest BCUT2D eigenvalue weighted by molar-refractivity contribution is 6.30. The van der Waals surface area contributed by atoms with Crippen molar-refractivity contribution in [2.45, 2.75) is 50.7 Å². The lowest BCUT2D eigenvalue weighted by Crippen LogP contribution is -2.48. The Morgan fingerprint density at radius 2 is 1.46 bits per heavy atom. The number of alkyl halides is 6. The number of carbonyl (C=O) groups excluding carboxylic acids is 2. The summed E-state index contributed by atoms with van der Waals surface area (Å²) in [7, 11) is 0. The third kappa shape index (κ3) is 6.81. The molecule has 0 N–H and O–H groups in total. The van der Waals surface area contributed by atoms with E-state index in [9.17, 15) is 35.9 Å². The van der Waals surface area contributed by atoms with E-state index in [1.165, 1.54) is 0 Å². The van der Waals surface area contributed by atoms with Crippen LogP contribution in [0, 0.1) is 17.8 Å². The molecule has 4 aliphatic heterocycles. The Labute approximate surface area is 239 Å². The number of halogens is 7. The van der Waals surface area contributed by atoms with Gasteiger partial charge in [-0.3, -0.25) is 9.69 Å². The lowest BCUT2D eigenvalue weighted by atomic mass is 9.94. The first-order chi connectivity index (χ1) is 19.3. The Bertz CT molecular complexity index is 1090. The number of ether oxygens (including phenoxy) is 1. The van der Waals surface area contributed by atoms with E-state index in [1.54, 1.807) is 0 Å². The van der Waals surface area contributed by atoms with E-state index in [-0.39, 0.29) is 36.8 Å². The zero-order valence-electron chi connectivity index (χ0n) is 22.4. The van der Waals surface area contributed by atoms with Crippen molar-refractivity contribution >= 4 is 29.3 Å². The maximum absolute atomic E-state index is 12.8. The minimum Gasteiger partial charge on any atom is -0.426 e. The number of nitrogens with zero attached hydrogens (tertiary/aromatic N) is 4. The molecule has 4 heterocycles. The van der Waals surface area contributed by atoms with Gasteiger partial charge in [-0.1, -0.05) is 17.7 Å². The van der Waals surface area contributed by atoms with E-state index in [1.807, 2.05) is 23.1 Å². The first-order valence-corrected chi connectivity index (χ1v) is 14.3. The van der Waals surface area contributed by atoms with Crippen molar-refractivity contribution < 1.29 is 40.7 Å². The van der Waals surface area contributed by atoms with Crippen molar-refractivity contribution in [2.75, 3.05) is 57.3 Å². The van der Waals surface area contributed by atoms with Crippen LogP contribution < -0.4 is 4.90 Å². The topological polar surface area (TPSA) is 56.3 Å². The fourth-order valence-corrected chi connectivity index (χ4v) is 6.80. The predicted molar refractivity (Wildman–Crippen MR) is 138 cm³/mol. The van der Waals surface area contributed by atoms with Crippen LogP contribution in [0.25, 0.3) is 0 Å². The molecule has 1 aromatic rings. The third-order valence-electron chi connectivity index (χ3n) is 8.68. The number of hydrogen-bond acceptors (Lipinski definition) is 5. The SMILES string of the molecule is O=C(OC(C(F)(F)F)C(F)(F)F)N1CC2CN(Cc3ccc(Cl)cc3N3CCC(C(=O)N4CCCC4)CC3)CC2C1. The second-order valence-electron chi connectivity index (χ2n) is 11.5.